The Kier molecular flexibility index (Phi) is 3.20. The summed E-state index contributed by atoms with van der Waals surface area (Å²) in [7, 11) is 0. The van der Waals surface area contributed by atoms with Gasteiger partial charge in [0.25, 0.3) is 5.91 Å². The molecule has 1 amide bonds. The first-order valence-electron chi connectivity index (χ1n) is 6.35. The van der Waals surface area contributed by atoms with Crippen molar-refractivity contribution in [1.29, 1.82) is 0 Å². The van der Waals surface area contributed by atoms with Gasteiger partial charge in [-0.2, -0.15) is 0 Å². The summed E-state index contributed by atoms with van der Waals surface area (Å²) in [4.78, 5) is 14.4. The Morgan fingerprint density at radius 2 is 2.00 bits per heavy atom. The first-order valence-corrected chi connectivity index (χ1v) is 6.35. The first-order chi connectivity index (χ1) is 8.33. The molecule has 3 nitrogen and oxygen atoms in total. The Balaban J connectivity index is 2.33. The maximum absolute atomic E-state index is 12.6. The molecule has 1 aliphatic heterocycles. The largest absolute Gasteiger partial charge is 0.356 e. The van der Waals surface area contributed by atoms with Crippen molar-refractivity contribution in [3.63, 3.8) is 0 Å². The minimum atomic E-state index is -0.241. The van der Waals surface area contributed by atoms with E-state index in [1.54, 1.807) is 0 Å². The number of rotatable bonds is 1. The van der Waals surface area contributed by atoms with Gasteiger partial charge >= 0.3 is 0 Å². The zero-order valence-electron chi connectivity index (χ0n) is 11.8. The van der Waals surface area contributed by atoms with Crippen molar-refractivity contribution in [2.75, 3.05) is 6.61 Å². The molecule has 0 saturated carbocycles. The van der Waals surface area contributed by atoms with E-state index in [1.165, 1.54) is 5.56 Å². The second-order valence-electron chi connectivity index (χ2n) is 5.70. The van der Waals surface area contributed by atoms with Crippen LogP contribution in [-0.4, -0.2) is 29.2 Å². The minimum Gasteiger partial charge on any atom is -0.356 e. The number of hydrogen-bond acceptors (Lipinski definition) is 2. The van der Waals surface area contributed by atoms with Gasteiger partial charge in [0, 0.05) is 5.56 Å². The van der Waals surface area contributed by atoms with Crippen LogP contribution < -0.4 is 0 Å². The molecule has 1 aromatic carbocycles. The third-order valence-electron chi connectivity index (χ3n) is 3.67. The molecule has 98 valence electrons. The van der Waals surface area contributed by atoms with Crippen LogP contribution in [0.25, 0.3) is 0 Å². The van der Waals surface area contributed by atoms with Crippen molar-refractivity contribution >= 4 is 5.91 Å². The van der Waals surface area contributed by atoms with E-state index in [2.05, 4.69) is 6.92 Å². The standard InChI is InChI=1S/C15H21NO2/c1-10-6-7-13(8-11(10)2)14(17)16-12(3)18-9-15(16,4)5/h6-8,12H,9H2,1-5H3. The molecular formula is C15H21NO2. The molecule has 0 spiro atoms. The van der Waals surface area contributed by atoms with Crippen LogP contribution in [0.5, 0.6) is 0 Å². The van der Waals surface area contributed by atoms with Crippen LogP contribution in [0.2, 0.25) is 0 Å². The summed E-state index contributed by atoms with van der Waals surface area (Å²) >= 11 is 0. The van der Waals surface area contributed by atoms with Crippen molar-refractivity contribution in [2.45, 2.75) is 46.4 Å². The van der Waals surface area contributed by atoms with Crippen molar-refractivity contribution in [3.05, 3.63) is 34.9 Å². The Hall–Kier alpha value is -1.35. The summed E-state index contributed by atoms with van der Waals surface area (Å²) in [5.41, 5.74) is 2.85. The van der Waals surface area contributed by atoms with E-state index in [-0.39, 0.29) is 17.7 Å². The van der Waals surface area contributed by atoms with Crippen molar-refractivity contribution in [3.8, 4) is 0 Å². The van der Waals surface area contributed by atoms with Gasteiger partial charge in [-0.1, -0.05) is 6.07 Å². The summed E-state index contributed by atoms with van der Waals surface area (Å²) in [5, 5.41) is 0. The van der Waals surface area contributed by atoms with Crippen LogP contribution in [0.1, 0.15) is 42.3 Å². The number of carbonyl (C=O) groups excluding carboxylic acids is 1. The van der Waals surface area contributed by atoms with Gasteiger partial charge in [0.05, 0.1) is 12.1 Å². The van der Waals surface area contributed by atoms with E-state index < -0.39 is 0 Å². The van der Waals surface area contributed by atoms with Crippen LogP contribution in [0, 0.1) is 13.8 Å². The number of ether oxygens (including phenoxy) is 1. The molecule has 1 unspecified atom stereocenters. The zero-order chi connectivity index (χ0) is 13.5. The van der Waals surface area contributed by atoms with E-state index in [0.29, 0.717) is 6.61 Å². The smallest absolute Gasteiger partial charge is 0.256 e. The highest BCUT2D eigenvalue weighted by atomic mass is 16.5. The summed E-state index contributed by atoms with van der Waals surface area (Å²) in [6, 6.07) is 5.85. The highest BCUT2D eigenvalue weighted by molar-refractivity contribution is 5.95. The van der Waals surface area contributed by atoms with E-state index >= 15 is 0 Å². The molecule has 3 heteroatoms. The molecule has 18 heavy (non-hydrogen) atoms. The number of carbonyl (C=O) groups is 1. The van der Waals surface area contributed by atoms with Crippen molar-refractivity contribution in [2.24, 2.45) is 0 Å². The van der Waals surface area contributed by atoms with Crippen molar-refractivity contribution < 1.29 is 9.53 Å². The third-order valence-corrected chi connectivity index (χ3v) is 3.67. The highest BCUT2D eigenvalue weighted by Gasteiger charge is 2.41. The number of nitrogens with zero attached hydrogens (tertiary/aromatic N) is 1. The lowest BCUT2D eigenvalue weighted by atomic mass is 10.0. The van der Waals surface area contributed by atoms with E-state index in [1.807, 2.05) is 50.8 Å². The molecule has 0 aliphatic carbocycles. The molecule has 1 aromatic rings. The first kappa shape index (κ1) is 13.1. The number of hydrogen-bond donors (Lipinski definition) is 0. The number of benzene rings is 1. The monoisotopic (exact) mass is 247 g/mol. The number of amides is 1. The average molecular weight is 247 g/mol. The summed E-state index contributed by atoms with van der Waals surface area (Å²) < 4.78 is 5.58. The van der Waals surface area contributed by atoms with E-state index in [9.17, 15) is 4.79 Å². The molecule has 0 aromatic heterocycles. The topological polar surface area (TPSA) is 29.5 Å². The van der Waals surface area contributed by atoms with Crippen LogP contribution in [0.3, 0.4) is 0 Å². The molecule has 0 radical (unpaired) electrons. The van der Waals surface area contributed by atoms with Crippen LogP contribution in [0.15, 0.2) is 18.2 Å². The minimum absolute atomic E-state index is 0.0492. The van der Waals surface area contributed by atoms with E-state index in [0.717, 1.165) is 11.1 Å². The molecule has 1 fully saturated rings. The molecule has 2 rings (SSSR count). The second kappa shape index (κ2) is 4.39. The summed E-state index contributed by atoms with van der Waals surface area (Å²) in [6.07, 6.45) is -0.158. The summed E-state index contributed by atoms with van der Waals surface area (Å²) in [6.45, 7) is 10.7. The lowest BCUT2D eigenvalue weighted by Gasteiger charge is -2.32. The molecule has 1 heterocycles. The lowest BCUT2D eigenvalue weighted by molar-refractivity contribution is 0.0307. The van der Waals surface area contributed by atoms with Gasteiger partial charge in [-0.15, -0.1) is 0 Å². The van der Waals surface area contributed by atoms with Gasteiger partial charge in [-0.25, -0.2) is 0 Å². The fraction of sp³-hybridized carbons (Fsp3) is 0.533. The highest BCUT2D eigenvalue weighted by Crippen LogP contribution is 2.28. The van der Waals surface area contributed by atoms with Gasteiger partial charge in [0.15, 0.2) is 0 Å². The average Bonchev–Trinajstić information content (AvgIpc) is 2.56. The third kappa shape index (κ3) is 2.15. The van der Waals surface area contributed by atoms with Gasteiger partial charge < -0.3 is 9.64 Å². The van der Waals surface area contributed by atoms with Crippen molar-refractivity contribution in [1.82, 2.24) is 4.90 Å². The predicted octanol–water partition coefficient (Wildman–Crippen LogP) is 2.90. The quantitative estimate of drug-likeness (QED) is 0.763. The predicted molar refractivity (Wildman–Crippen MR) is 71.6 cm³/mol. The van der Waals surface area contributed by atoms with Gasteiger partial charge in [0.1, 0.15) is 6.23 Å². The Bertz CT molecular complexity index is 479. The molecular weight excluding hydrogens is 226 g/mol. The van der Waals surface area contributed by atoms with Gasteiger partial charge in [0.2, 0.25) is 0 Å². The molecule has 1 aliphatic rings. The molecule has 0 N–H and O–H groups in total. The molecule has 1 saturated heterocycles. The fourth-order valence-electron chi connectivity index (χ4n) is 2.41. The zero-order valence-corrected chi connectivity index (χ0v) is 11.8. The Labute approximate surface area is 109 Å². The van der Waals surface area contributed by atoms with E-state index in [4.69, 9.17) is 4.74 Å². The van der Waals surface area contributed by atoms with Gasteiger partial charge in [-0.05, 0) is 57.9 Å². The molecule has 1 atom stereocenters. The SMILES string of the molecule is Cc1ccc(C(=O)N2C(C)OCC2(C)C)cc1C. The normalized spacial score (nSPS) is 22.3. The maximum Gasteiger partial charge on any atom is 0.256 e. The molecule has 0 bridgehead atoms. The number of aryl methyl sites for hydroxylation is 2. The Morgan fingerprint density at radius 3 is 2.50 bits per heavy atom. The van der Waals surface area contributed by atoms with Crippen LogP contribution in [0.4, 0.5) is 0 Å². The van der Waals surface area contributed by atoms with Crippen LogP contribution >= 0.6 is 0 Å². The van der Waals surface area contributed by atoms with Crippen LogP contribution in [-0.2, 0) is 4.74 Å². The lowest BCUT2D eigenvalue weighted by Crippen LogP contribution is -2.47. The summed E-state index contributed by atoms with van der Waals surface area (Å²) in [5.74, 6) is 0.0492. The maximum atomic E-state index is 12.6. The van der Waals surface area contributed by atoms with Gasteiger partial charge in [-0.3, -0.25) is 4.79 Å². The fourth-order valence-corrected chi connectivity index (χ4v) is 2.41. The Morgan fingerprint density at radius 1 is 1.33 bits per heavy atom. The second-order valence-corrected chi connectivity index (χ2v) is 5.70.